The van der Waals surface area contributed by atoms with Crippen LogP contribution in [0.3, 0.4) is 0 Å². The Morgan fingerprint density at radius 2 is 1.52 bits per heavy atom. The van der Waals surface area contributed by atoms with Crippen LogP contribution >= 0.6 is 0 Å². The van der Waals surface area contributed by atoms with Crippen LogP contribution in [0.1, 0.15) is 44.5 Å². The Bertz CT molecular complexity index is 661. The summed E-state index contributed by atoms with van der Waals surface area (Å²) in [4.78, 5) is 12.3. The number of carbonyl (C=O) groups excluding carboxylic acids is 1. The Kier molecular flexibility index (Phi) is 6.87. The molecule has 0 saturated carbocycles. The van der Waals surface area contributed by atoms with Crippen molar-refractivity contribution < 1.29 is 14.3 Å². The van der Waals surface area contributed by atoms with Crippen molar-refractivity contribution in [3.8, 4) is 11.5 Å². The van der Waals surface area contributed by atoms with Crippen LogP contribution in [-0.4, -0.2) is 18.6 Å². The van der Waals surface area contributed by atoms with Gasteiger partial charge in [0.2, 0.25) is 0 Å². The van der Waals surface area contributed by atoms with E-state index >= 15 is 0 Å². The van der Waals surface area contributed by atoms with Crippen molar-refractivity contribution in [1.82, 2.24) is 0 Å². The highest BCUT2D eigenvalue weighted by Crippen LogP contribution is 2.18. The molecule has 2 aromatic rings. The topological polar surface area (TPSA) is 47.6 Å². The van der Waals surface area contributed by atoms with E-state index in [1.165, 1.54) is 0 Å². The number of amides is 1. The molecule has 0 aliphatic rings. The molecule has 2 aromatic carbocycles. The molecular formula is C21H27NO3. The fourth-order valence-corrected chi connectivity index (χ4v) is 2.21. The van der Waals surface area contributed by atoms with Gasteiger partial charge in [-0.1, -0.05) is 13.8 Å². The van der Waals surface area contributed by atoms with Gasteiger partial charge in [-0.3, -0.25) is 4.79 Å². The molecule has 25 heavy (non-hydrogen) atoms. The van der Waals surface area contributed by atoms with Crippen LogP contribution in [-0.2, 0) is 0 Å². The molecule has 2 rings (SSSR count). The third-order valence-electron chi connectivity index (χ3n) is 3.56. The molecular weight excluding hydrogens is 314 g/mol. The van der Waals surface area contributed by atoms with Crippen LogP contribution in [0, 0.1) is 5.92 Å². The van der Waals surface area contributed by atoms with E-state index in [4.69, 9.17) is 9.47 Å². The van der Waals surface area contributed by atoms with Gasteiger partial charge in [-0.2, -0.15) is 0 Å². The number of benzene rings is 2. The van der Waals surface area contributed by atoms with Gasteiger partial charge >= 0.3 is 0 Å². The molecule has 0 fully saturated rings. The molecule has 1 N–H and O–H groups in total. The van der Waals surface area contributed by atoms with Gasteiger partial charge in [-0.15, -0.1) is 0 Å². The van der Waals surface area contributed by atoms with E-state index in [0.29, 0.717) is 18.1 Å². The lowest BCUT2D eigenvalue weighted by atomic mass is 10.1. The van der Waals surface area contributed by atoms with Gasteiger partial charge in [0.25, 0.3) is 5.91 Å². The smallest absolute Gasteiger partial charge is 0.255 e. The van der Waals surface area contributed by atoms with Gasteiger partial charge < -0.3 is 14.8 Å². The van der Waals surface area contributed by atoms with Crippen LogP contribution in [0.25, 0.3) is 0 Å². The monoisotopic (exact) mass is 341 g/mol. The van der Waals surface area contributed by atoms with Crippen molar-refractivity contribution in [3.63, 3.8) is 0 Å². The molecule has 0 aliphatic carbocycles. The average Bonchev–Trinajstić information content (AvgIpc) is 2.56. The summed E-state index contributed by atoms with van der Waals surface area (Å²) >= 11 is 0. The Morgan fingerprint density at radius 3 is 2.08 bits per heavy atom. The van der Waals surface area contributed by atoms with Crippen molar-refractivity contribution in [2.45, 2.75) is 40.2 Å². The van der Waals surface area contributed by atoms with Gasteiger partial charge in [0.05, 0.1) is 12.7 Å². The number of hydrogen-bond acceptors (Lipinski definition) is 3. The van der Waals surface area contributed by atoms with Gasteiger partial charge in [0.1, 0.15) is 11.5 Å². The van der Waals surface area contributed by atoms with E-state index in [1.807, 2.05) is 38.1 Å². The summed E-state index contributed by atoms with van der Waals surface area (Å²) < 4.78 is 11.3. The normalized spacial score (nSPS) is 10.8. The van der Waals surface area contributed by atoms with E-state index in [-0.39, 0.29) is 12.0 Å². The summed E-state index contributed by atoms with van der Waals surface area (Å²) in [6.07, 6.45) is 1.13. The predicted molar refractivity (Wildman–Crippen MR) is 102 cm³/mol. The second-order valence-corrected chi connectivity index (χ2v) is 6.70. The highest BCUT2D eigenvalue weighted by Gasteiger charge is 2.07. The molecule has 0 heterocycles. The standard InChI is InChI=1S/C21H27NO3/c1-15(2)13-14-24-19-11-7-18(8-12-19)22-21(23)17-5-9-20(10-6-17)25-16(3)4/h5-12,15-16H,13-14H2,1-4H3,(H,22,23). The Labute approximate surface area is 150 Å². The highest BCUT2D eigenvalue weighted by atomic mass is 16.5. The van der Waals surface area contributed by atoms with E-state index in [2.05, 4.69) is 19.2 Å². The summed E-state index contributed by atoms with van der Waals surface area (Å²) in [6, 6.07) is 14.6. The van der Waals surface area contributed by atoms with Gasteiger partial charge in [0.15, 0.2) is 0 Å². The lowest BCUT2D eigenvalue weighted by molar-refractivity contribution is 0.102. The van der Waals surface area contributed by atoms with E-state index in [9.17, 15) is 4.79 Å². The Balaban J connectivity index is 1.89. The molecule has 134 valence electrons. The zero-order chi connectivity index (χ0) is 18.2. The summed E-state index contributed by atoms with van der Waals surface area (Å²) in [5.41, 5.74) is 1.33. The second kappa shape index (κ2) is 9.11. The summed E-state index contributed by atoms with van der Waals surface area (Å²) in [5.74, 6) is 2.05. The molecule has 0 aromatic heterocycles. The van der Waals surface area contributed by atoms with Crippen LogP contribution in [0.2, 0.25) is 0 Å². The number of anilines is 1. The lowest BCUT2D eigenvalue weighted by Crippen LogP contribution is -2.12. The van der Waals surface area contributed by atoms with E-state index < -0.39 is 0 Å². The predicted octanol–water partition coefficient (Wildman–Crippen LogP) is 5.15. The molecule has 0 aliphatic heterocycles. The van der Waals surface area contributed by atoms with Crippen LogP contribution in [0.15, 0.2) is 48.5 Å². The molecule has 4 nitrogen and oxygen atoms in total. The molecule has 0 unspecified atom stereocenters. The number of hydrogen-bond donors (Lipinski definition) is 1. The third-order valence-corrected chi connectivity index (χ3v) is 3.56. The number of nitrogens with one attached hydrogen (secondary N) is 1. The minimum absolute atomic E-state index is 0.112. The number of carbonyl (C=O) groups is 1. The van der Waals surface area contributed by atoms with E-state index in [0.717, 1.165) is 23.6 Å². The highest BCUT2D eigenvalue weighted by molar-refractivity contribution is 6.04. The number of rotatable bonds is 8. The first-order chi connectivity index (χ1) is 11.9. The zero-order valence-corrected chi connectivity index (χ0v) is 15.4. The maximum absolute atomic E-state index is 12.3. The van der Waals surface area contributed by atoms with Crippen LogP contribution < -0.4 is 14.8 Å². The maximum Gasteiger partial charge on any atom is 0.255 e. The van der Waals surface area contributed by atoms with Gasteiger partial charge in [0, 0.05) is 11.3 Å². The first-order valence-corrected chi connectivity index (χ1v) is 8.75. The summed E-state index contributed by atoms with van der Waals surface area (Å²) in [7, 11) is 0. The van der Waals surface area contributed by atoms with Crippen molar-refractivity contribution in [1.29, 1.82) is 0 Å². The summed E-state index contributed by atoms with van der Waals surface area (Å²) in [5, 5.41) is 2.88. The average molecular weight is 341 g/mol. The number of ether oxygens (including phenoxy) is 2. The minimum Gasteiger partial charge on any atom is -0.494 e. The third kappa shape index (κ3) is 6.49. The van der Waals surface area contributed by atoms with E-state index in [1.54, 1.807) is 24.3 Å². The van der Waals surface area contributed by atoms with Gasteiger partial charge in [-0.25, -0.2) is 0 Å². The van der Waals surface area contributed by atoms with Crippen molar-refractivity contribution in [2.75, 3.05) is 11.9 Å². The van der Waals surface area contributed by atoms with Gasteiger partial charge in [-0.05, 0) is 74.7 Å². The summed E-state index contributed by atoms with van der Waals surface area (Å²) in [6.45, 7) is 8.98. The molecule has 0 atom stereocenters. The largest absolute Gasteiger partial charge is 0.494 e. The zero-order valence-electron chi connectivity index (χ0n) is 15.4. The molecule has 0 bridgehead atoms. The maximum atomic E-state index is 12.3. The van der Waals surface area contributed by atoms with Crippen LogP contribution in [0.5, 0.6) is 11.5 Å². The fraction of sp³-hybridized carbons (Fsp3) is 0.381. The van der Waals surface area contributed by atoms with Crippen molar-refractivity contribution in [2.24, 2.45) is 5.92 Å². The van der Waals surface area contributed by atoms with Crippen molar-refractivity contribution >= 4 is 11.6 Å². The minimum atomic E-state index is -0.149. The quantitative estimate of drug-likeness (QED) is 0.722. The molecule has 0 radical (unpaired) electrons. The molecule has 1 amide bonds. The second-order valence-electron chi connectivity index (χ2n) is 6.70. The fourth-order valence-electron chi connectivity index (χ4n) is 2.21. The Hall–Kier alpha value is -2.49. The first kappa shape index (κ1) is 18.8. The molecule has 4 heteroatoms. The lowest BCUT2D eigenvalue weighted by Gasteiger charge is -2.11. The molecule has 0 spiro atoms. The molecule has 0 saturated heterocycles. The Morgan fingerprint density at radius 1 is 0.920 bits per heavy atom. The van der Waals surface area contributed by atoms with Crippen molar-refractivity contribution in [3.05, 3.63) is 54.1 Å². The van der Waals surface area contributed by atoms with Crippen LogP contribution in [0.4, 0.5) is 5.69 Å². The first-order valence-electron chi connectivity index (χ1n) is 8.75. The SMILES string of the molecule is CC(C)CCOc1ccc(NC(=O)c2ccc(OC(C)C)cc2)cc1.